The summed E-state index contributed by atoms with van der Waals surface area (Å²) in [4.78, 5) is 6.86. The minimum absolute atomic E-state index is 0.267. The van der Waals surface area contributed by atoms with Crippen LogP contribution in [0.15, 0.2) is 34.9 Å². The molecule has 1 aliphatic heterocycles. The molecular formula is C14H16BrN3. The number of rotatable bonds is 1. The number of pyridine rings is 1. The molecule has 0 bridgehead atoms. The van der Waals surface area contributed by atoms with Crippen LogP contribution < -0.4 is 10.6 Å². The van der Waals surface area contributed by atoms with Crippen LogP contribution >= 0.6 is 15.9 Å². The molecular weight excluding hydrogens is 290 g/mol. The van der Waals surface area contributed by atoms with Crippen molar-refractivity contribution in [3.8, 4) is 0 Å². The van der Waals surface area contributed by atoms with Gasteiger partial charge in [0.2, 0.25) is 0 Å². The Balaban J connectivity index is 2.09. The number of benzene rings is 1. The molecule has 1 saturated heterocycles. The quantitative estimate of drug-likeness (QED) is 0.881. The van der Waals surface area contributed by atoms with Gasteiger partial charge >= 0.3 is 0 Å². The first kappa shape index (κ1) is 11.9. The van der Waals surface area contributed by atoms with Gasteiger partial charge in [-0.25, -0.2) is 4.98 Å². The molecule has 3 nitrogen and oxygen atoms in total. The van der Waals surface area contributed by atoms with Crippen molar-refractivity contribution >= 4 is 32.5 Å². The molecule has 2 N–H and O–H groups in total. The summed E-state index contributed by atoms with van der Waals surface area (Å²) in [6, 6.07) is 8.56. The number of nitrogens with zero attached hydrogens (tertiary/aromatic N) is 2. The van der Waals surface area contributed by atoms with Crippen molar-refractivity contribution in [3.05, 3.63) is 34.9 Å². The second-order valence-electron chi connectivity index (χ2n) is 4.82. The summed E-state index contributed by atoms with van der Waals surface area (Å²) >= 11 is 3.60. The Bertz CT molecular complexity index is 570. The minimum atomic E-state index is 0.267. The number of anilines is 1. The standard InChI is InChI=1S/C14H16BrN3/c15-13-5-1-4-12-11(13)6-7-17-14(12)18-8-2-3-10(16)9-18/h1,4-7,10H,2-3,8-9,16H2/t10-/m1/s1. The molecule has 1 atom stereocenters. The van der Waals surface area contributed by atoms with E-state index in [1.807, 2.05) is 12.3 Å². The fourth-order valence-corrected chi connectivity index (χ4v) is 3.11. The number of fused-ring (bicyclic) bond motifs is 1. The summed E-state index contributed by atoms with van der Waals surface area (Å²) in [7, 11) is 0. The molecule has 0 spiro atoms. The second-order valence-corrected chi connectivity index (χ2v) is 5.67. The SMILES string of the molecule is N[C@@H]1CCCN(c2nccc3c(Br)cccc23)C1. The van der Waals surface area contributed by atoms with E-state index in [0.29, 0.717) is 0 Å². The molecule has 0 amide bonds. The first-order valence-corrected chi connectivity index (χ1v) is 7.09. The molecule has 1 aromatic carbocycles. The topological polar surface area (TPSA) is 42.1 Å². The van der Waals surface area contributed by atoms with Crippen LogP contribution in [0.3, 0.4) is 0 Å². The molecule has 0 unspecified atom stereocenters. The van der Waals surface area contributed by atoms with Crippen molar-refractivity contribution in [1.29, 1.82) is 0 Å². The first-order valence-electron chi connectivity index (χ1n) is 6.29. The maximum absolute atomic E-state index is 6.06. The van der Waals surface area contributed by atoms with Crippen molar-refractivity contribution in [3.63, 3.8) is 0 Å². The van der Waals surface area contributed by atoms with E-state index in [1.165, 1.54) is 10.8 Å². The van der Waals surface area contributed by atoms with Crippen LogP contribution in [0.4, 0.5) is 5.82 Å². The van der Waals surface area contributed by atoms with Crippen LogP contribution in [0.5, 0.6) is 0 Å². The van der Waals surface area contributed by atoms with Crippen LogP contribution in [-0.2, 0) is 0 Å². The van der Waals surface area contributed by atoms with Gasteiger partial charge in [0.1, 0.15) is 5.82 Å². The molecule has 18 heavy (non-hydrogen) atoms. The first-order chi connectivity index (χ1) is 8.75. The summed E-state index contributed by atoms with van der Waals surface area (Å²) in [5.74, 6) is 1.06. The Morgan fingerprint density at radius 3 is 3.00 bits per heavy atom. The van der Waals surface area contributed by atoms with E-state index in [0.717, 1.165) is 36.2 Å². The smallest absolute Gasteiger partial charge is 0.136 e. The molecule has 4 heteroatoms. The highest BCUT2D eigenvalue weighted by atomic mass is 79.9. The van der Waals surface area contributed by atoms with Gasteiger partial charge in [0.05, 0.1) is 0 Å². The number of piperidine rings is 1. The second kappa shape index (κ2) is 4.86. The Hall–Kier alpha value is -1.13. The van der Waals surface area contributed by atoms with Gasteiger partial charge in [-0.1, -0.05) is 28.1 Å². The number of halogens is 1. The zero-order chi connectivity index (χ0) is 12.5. The Labute approximate surface area is 115 Å². The van der Waals surface area contributed by atoms with Crippen LogP contribution in [0, 0.1) is 0 Å². The van der Waals surface area contributed by atoms with Crippen molar-refractivity contribution in [1.82, 2.24) is 4.98 Å². The molecule has 0 aliphatic carbocycles. The Morgan fingerprint density at radius 1 is 1.28 bits per heavy atom. The normalized spacial score (nSPS) is 20.3. The number of nitrogens with two attached hydrogens (primary N) is 1. The van der Waals surface area contributed by atoms with E-state index in [4.69, 9.17) is 5.73 Å². The third-order valence-corrected chi connectivity index (χ3v) is 4.18. The highest BCUT2D eigenvalue weighted by Crippen LogP contribution is 2.30. The lowest BCUT2D eigenvalue weighted by Gasteiger charge is -2.32. The zero-order valence-electron chi connectivity index (χ0n) is 10.1. The lowest BCUT2D eigenvalue weighted by molar-refractivity contribution is 0.504. The largest absolute Gasteiger partial charge is 0.355 e. The van der Waals surface area contributed by atoms with Gasteiger partial charge in [-0.3, -0.25) is 0 Å². The van der Waals surface area contributed by atoms with Crippen molar-refractivity contribution < 1.29 is 0 Å². The summed E-state index contributed by atoms with van der Waals surface area (Å²) in [6.45, 7) is 1.95. The van der Waals surface area contributed by atoms with E-state index in [9.17, 15) is 0 Å². The number of hydrogen-bond donors (Lipinski definition) is 1. The van der Waals surface area contributed by atoms with Crippen LogP contribution in [0.25, 0.3) is 10.8 Å². The predicted molar refractivity (Wildman–Crippen MR) is 78.9 cm³/mol. The summed E-state index contributed by atoms with van der Waals surface area (Å²) in [5, 5.41) is 2.41. The number of hydrogen-bond acceptors (Lipinski definition) is 3. The molecule has 1 aromatic heterocycles. The van der Waals surface area contributed by atoms with Gasteiger partial charge in [-0.15, -0.1) is 0 Å². The summed E-state index contributed by atoms with van der Waals surface area (Å²) in [6.07, 6.45) is 4.14. The van der Waals surface area contributed by atoms with E-state index >= 15 is 0 Å². The van der Waals surface area contributed by atoms with E-state index in [1.54, 1.807) is 0 Å². The van der Waals surface area contributed by atoms with Gasteiger partial charge in [0.15, 0.2) is 0 Å². The Morgan fingerprint density at radius 2 is 2.17 bits per heavy atom. The van der Waals surface area contributed by atoms with E-state index in [-0.39, 0.29) is 6.04 Å². The molecule has 1 fully saturated rings. The van der Waals surface area contributed by atoms with Gasteiger partial charge in [-0.05, 0) is 25.0 Å². The minimum Gasteiger partial charge on any atom is -0.355 e. The van der Waals surface area contributed by atoms with Gasteiger partial charge in [-0.2, -0.15) is 0 Å². The lowest BCUT2D eigenvalue weighted by Crippen LogP contribution is -2.43. The van der Waals surface area contributed by atoms with Gasteiger partial charge in [0.25, 0.3) is 0 Å². The lowest BCUT2D eigenvalue weighted by atomic mass is 10.1. The molecule has 2 aromatic rings. The van der Waals surface area contributed by atoms with Crippen LogP contribution in [0.2, 0.25) is 0 Å². The van der Waals surface area contributed by atoms with E-state index in [2.05, 4.69) is 44.0 Å². The average molecular weight is 306 g/mol. The third-order valence-electron chi connectivity index (χ3n) is 3.49. The fraction of sp³-hybridized carbons (Fsp3) is 0.357. The average Bonchev–Trinajstić information content (AvgIpc) is 2.39. The third kappa shape index (κ3) is 2.10. The maximum atomic E-state index is 6.06. The predicted octanol–water partition coefficient (Wildman–Crippen LogP) is 2.92. The van der Waals surface area contributed by atoms with E-state index < -0.39 is 0 Å². The van der Waals surface area contributed by atoms with Crippen molar-refractivity contribution in [2.24, 2.45) is 5.73 Å². The molecule has 3 rings (SSSR count). The molecule has 2 heterocycles. The number of aromatic nitrogens is 1. The maximum Gasteiger partial charge on any atom is 0.136 e. The summed E-state index contributed by atoms with van der Waals surface area (Å²) in [5.41, 5.74) is 6.06. The molecule has 0 radical (unpaired) electrons. The van der Waals surface area contributed by atoms with Gasteiger partial charge < -0.3 is 10.6 Å². The van der Waals surface area contributed by atoms with Crippen LogP contribution in [-0.4, -0.2) is 24.1 Å². The molecule has 1 aliphatic rings. The highest BCUT2D eigenvalue weighted by molar-refractivity contribution is 9.10. The highest BCUT2D eigenvalue weighted by Gasteiger charge is 2.19. The summed E-state index contributed by atoms with van der Waals surface area (Å²) < 4.78 is 1.12. The monoisotopic (exact) mass is 305 g/mol. The van der Waals surface area contributed by atoms with Crippen molar-refractivity contribution in [2.75, 3.05) is 18.0 Å². The molecule has 0 saturated carbocycles. The van der Waals surface area contributed by atoms with Crippen LogP contribution in [0.1, 0.15) is 12.8 Å². The molecule has 94 valence electrons. The van der Waals surface area contributed by atoms with Crippen molar-refractivity contribution in [2.45, 2.75) is 18.9 Å². The zero-order valence-corrected chi connectivity index (χ0v) is 11.7. The van der Waals surface area contributed by atoms with Gasteiger partial charge in [0, 0.05) is 40.6 Å². The fourth-order valence-electron chi connectivity index (χ4n) is 2.61. The Kier molecular flexibility index (Phi) is 3.22.